The molecule has 6 heteroatoms. The van der Waals surface area contributed by atoms with Gasteiger partial charge in [-0.2, -0.15) is 0 Å². The van der Waals surface area contributed by atoms with Crippen molar-refractivity contribution in [2.45, 2.75) is 5.97 Å². The van der Waals surface area contributed by atoms with E-state index in [1.165, 1.54) is 0 Å². The zero-order chi connectivity index (χ0) is 7.21. The third-order valence-electron chi connectivity index (χ3n) is 0.212. The number of rotatable bonds is 1. The Hall–Kier alpha value is 0.354. The summed E-state index contributed by atoms with van der Waals surface area (Å²) in [7, 11) is 0. The summed E-state index contributed by atoms with van der Waals surface area (Å²) in [6, 6.07) is 0. The summed E-state index contributed by atoms with van der Waals surface area (Å²) >= 11 is 0.750. The third kappa shape index (κ3) is 16.2. The van der Waals surface area contributed by atoms with Crippen LogP contribution in [0.15, 0.2) is 0 Å². The molecule has 0 saturated heterocycles. The molecule has 0 fully saturated rings. The first-order valence-electron chi connectivity index (χ1n) is 1.54. The van der Waals surface area contributed by atoms with Crippen molar-refractivity contribution in [2.24, 2.45) is 0 Å². The molecule has 0 aliphatic heterocycles. The first kappa shape index (κ1) is 11.2. The fraction of sp³-hybridized carbons (Fsp3) is 1.00. The molecule has 0 spiro atoms. The number of hydrogen-bond acceptors (Lipinski definition) is 5. The first-order valence-corrected chi connectivity index (χ1v) is 2.18. The summed E-state index contributed by atoms with van der Waals surface area (Å²) in [4.78, 5) is 0. The molecule has 48 valence electrons. The van der Waals surface area contributed by atoms with Gasteiger partial charge in [-0.25, -0.2) is 0 Å². The second-order valence-corrected chi connectivity index (χ2v) is 0.932. The van der Waals surface area contributed by atoms with E-state index in [1.54, 1.807) is 0 Å². The van der Waals surface area contributed by atoms with E-state index in [9.17, 15) is 0 Å². The summed E-state index contributed by atoms with van der Waals surface area (Å²) in [5, 5.41) is 30.7. The molecule has 0 rings (SSSR count). The van der Waals surface area contributed by atoms with Crippen LogP contribution in [0.5, 0.6) is 0 Å². The topological polar surface area (TPSA) is 98.0 Å². The minimum absolute atomic E-state index is 0.750. The van der Waals surface area contributed by atoms with Crippen molar-refractivity contribution in [3.63, 3.8) is 0 Å². The predicted molar refractivity (Wildman–Crippen MR) is 17.2 cm³/mol. The fourth-order valence-corrected chi connectivity index (χ4v) is 0. The summed E-state index contributed by atoms with van der Waals surface area (Å²) in [5.41, 5.74) is 0. The molecule has 5 nitrogen and oxygen atoms in total. The molecule has 0 aliphatic carbocycles. The molecule has 0 aliphatic rings. The van der Waals surface area contributed by atoms with Gasteiger partial charge in [0.1, 0.15) is 6.61 Å². The van der Waals surface area contributed by atoms with Gasteiger partial charge in [-0.15, -0.1) is 0 Å². The SMILES string of the molecule is OCC(O)(O)O.[O]=[Ti]. The molecule has 0 amide bonds. The predicted octanol–water partition coefficient (Wildman–Crippen LogP) is -2.51. The Kier molecular flexibility index (Phi) is 7.68. The Bertz CT molecular complexity index is 48.9. The van der Waals surface area contributed by atoms with E-state index in [1.807, 2.05) is 0 Å². The quantitative estimate of drug-likeness (QED) is 0.249. The van der Waals surface area contributed by atoms with Gasteiger partial charge in [0, 0.05) is 0 Å². The van der Waals surface area contributed by atoms with E-state index in [2.05, 4.69) is 0 Å². The molecule has 0 heterocycles. The zero-order valence-corrected chi connectivity index (χ0v) is 5.47. The van der Waals surface area contributed by atoms with Crippen molar-refractivity contribution in [1.82, 2.24) is 0 Å². The second kappa shape index (κ2) is 5.49. The molecule has 0 atom stereocenters. The standard InChI is InChI=1S/C2H6O4.O.Ti/c3-1-2(4,5)6;;/h3-6H,1H2;;. The van der Waals surface area contributed by atoms with Crippen LogP contribution in [-0.2, 0) is 23.7 Å². The van der Waals surface area contributed by atoms with Crippen molar-refractivity contribution < 1.29 is 44.2 Å². The van der Waals surface area contributed by atoms with Crippen LogP contribution in [0.25, 0.3) is 0 Å². The van der Waals surface area contributed by atoms with E-state index in [0.717, 1.165) is 20.4 Å². The minimum atomic E-state index is -2.90. The van der Waals surface area contributed by atoms with Gasteiger partial charge in [-0.1, -0.05) is 0 Å². The van der Waals surface area contributed by atoms with Gasteiger partial charge >= 0.3 is 23.7 Å². The summed E-state index contributed by atoms with van der Waals surface area (Å²) in [5.74, 6) is -2.90. The Labute approximate surface area is 57.3 Å². The average molecular weight is 158 g/mol. The summed E-state index contributed by atoms with van der Waals surface area (Å²) in [6.45, 7) is -1.06. The van der Waals surface area contributed by atoms with Gasteiger partial charge in [0.05, 0.1) is 0 Å². The van der Waals surface area contributed by atoms with Gasteiger partial charge in [0.25, 0.3) is 5.97 Å². The Morgan fingerprint density at radius 3 is 1.38 bits per heavy atom. The van der Waals surface area contributed by atoms with Crippen LogP contribution in [0.3, 0.4) is 0 Å². The Balaban J connectivity index is 0. The third-order valence-corrected chi connectivity index (χ3v) is 0.212. The van der Waals surface area contributed by atoms with Crippen LogP contribution in [0.4, 0.5) is 0 Å². The Morgan fingerprint density at radius 1 is 1.25 bits per heavy atom. The molecule has 0 radical (unpaired) electrons. The van der Waals surface area contributed by atoms with Crippen LogP contribution in [0.2, 0.25) is 0 Å². The van der Waals surface area contributed by atoms with Crippen LogP contribution in [0, 0.1) is 0 Å². The molecule has 0 saturated carbocycles. The summed E-state index contributed by atoms with van der Waals surface area (Å²) < 4.78 is 8.25. The van der Waals surface area contributed by atoms with Gasteiger partial charge in [0.2, 0.25) is 0 Å². The van der Waals surface area contributed by atoms with Crippen LogP contribution in [0.1, 0.15) is 0 Å². The van der Waals surface area contributed by atoms with Gasteiger partial charge in [-0.05, 0) is 0 Å². The van der Waals surface area contributed by atoms with E-state index >= 15 is 0 Å². The number of hydrogen-bond donors (Lipinski definition) is 4. The van der Waals surface area contributed by atoms with E-state index in [4.69, 9.17) is 23.8 Å². The first-order chi connectivity index (χ1) is 3.56. The van der Waals surface area contributed by atoms with E-state index in [0.29, 0.717) is 0 Å². The number of aliphatic hydroxyl groups is 4. The van der Waals surface area contributed by atoms with E-state index in [-0.39, 0.29) is 0 Å². The maximum absolute atomic E-state index is 8.25. The monoisotopic (exact) mass is 158 g/mol. The molecule has 0 aromatic carbocycles. The van der Waals surface area contributed by atoms with Crippen LogP contribution < -0.4 is 0 Å². The fourth-order valence-electron chi connectivity index (χ4n) is 0. The van der Waals surface area contributed by atoms with Gasteiger partial charge < -0.3 is 20.4 Å². The number of aliphatic hydroxyl groups excluding tert-OH is 1. The molecule has 0 bridgehead atoms. The molecule has 0 aromatic rings. The van der Waals surface area contributed by atoms with Crippen molar-refractivity contribution in [1.29, 1.82) is 0 Å². The van der Waals surface area contributed by atoms with E-state index < -0.39 is 12.6 Å². The van der Waals surface area contributed by atoms with Crippen molar-refractivity contribution in [3.05, 3.63) is 0 Å². The normalized spacial score (nSPS) is 9.38. The van der Waals surface area contributed by atoms with Crippen molar-refractivity contribution >= 4 is 0 Å². The van der Waals surface area contributed by atoms with Crippen molar-refractivity contribution in [2.75, 3.05) is 6.61 Å². The summed E-state index contributed by atoms with van der Waals surface area (Å²) in [6.07, 6.45) is 0. The molecule has 0 aromatic heterocycles. The molecule has 0 unspecified atom stereocenters. The molecule has 8 heavy (non-hydrogen) atoms. The second-order valence-electron chi connectivity index (χ2n) is 0.932. The van der Waals surface area contributed by atoms with Gasteiger partial charge in [0.15, 0.2) is 0 Å². The van der Waals surface area contributed by atoms with Crippen molar-refractivity contribution in [3.8, 4) is 0 Å². The average Bonchev–Trinajstić information content (AvgIpc) is 1.71. The molecular formula is C2H6O5Ti. The zero-order valence-electron chi connectivity index (χ0n) is 3.90. The Morgan fingerprint density at radius 2 is 1.38 bits per heavy atom. The van der Waals surface area contributed by atoms with Crippen LogP contribution >= 0.6 is 0 Å². The maximum atomic E-state index is 8.25. The van der Waals surface area contributed by atoms with Gasteiger partial charge in [-0.3, -0.25) is 0 Å². The van der Waals surface area contributed by atoms with Crippen LogP contribution in [-0.4, -0.2) is 33.0 Å². The molecular weight excluding hydrogens is 152 g/mol. The molecule has 4 N–H and O–H groups in total.